The molecular formula is C17H33N3. The number of nitrogens with one attached hydrogen (secondary N) is 1. The van der Waals surface area contributed by atoms with Gasteiger partial charge in [-0.15, -0.1) is 0 Å². The summed E-state index contributed by atoms with van der Waals surface area (Å²) in [5, 5.41) is 3.84. The summed E-state index contributed by atoms with van der Waals surface area (Å²) < 4.78 is 0. The first kappa shape index (κ1) is 14.8. The standard InChI is InChI=1S/C17H33N3/c1-3-9-19(10-4-1)14-16-7-8-17(18-13-16)15-20-11-5-2-6-12-20/h16-18H,1-15H2. The number of hydrogen-bond donors (Lipinski definition) is 1. The molecule has 116 valence electrons. The molecule has 0 aromatic heterocycles. The van der Waals surface area contributed by atoms with E-state index < -0.39 is 0 Å². The summed E-state index contributed by atoms with van der Waals surface area (Å²) in [6.07, 6.45) is 11.4. The lowest BCUT2D eigenvalue weighted by atomic mass is 9.93. The van der Waals surface area contributed by atoms with Crippen LogP contribution in [0.25, 0.3) is 0 Å². The molecule has 20 heavy (non-hydrogen) atoms. The fourth-order valence-corrected chi connectivity index (χ4v) is 4.25. The molecule has 3 aliphatic rings. The summed E-state index contributed by atoms with van der Waals surface area (Å²) in [4.78, 5) is 5.40. The highest BCUT2D eigenvalue weighted by Crippen LogP contribution is 2.19. The highest BCUT2D eigenvalue weighted by Gasteiger charge is 2.24. The van der Waals surface area contributed by atoms with Crippen LogP contribution in [0.4, 0.5) is 0 Å². The van der Waals surface area contributed by atoms with Gasteiger partial charge in [0.05, 0.1) is 0 Å². The highest BCUT2D eigenvalue weighted by atomic mass is 15.2. The Morgan fingerprint density at radius 2 is 1.30 bits per heavy atom. The van der Waals surface area contributed by atoms with Crippen LogP contribution in [-0.4, -0.2) is 61.7 Å². The predicted molar refractivity (Wildman–Crippen MR) is 85.1 cm³/mol. The quantitative estimate of drug-likeness (QED) is 0.852. The second-order valence-electron chi connectivity index (χ2n) is 7.27. The van der Waals surface area contributed by atoms with Crippen molar-refractivity contribution in [2.45, 2.75) is 57.4 Å². The van der Waals surface area contributed by atoms with E-state index >= 15 is 0 Å². The molecule has 3 heterocycles. The first-order valence-electron chi connectivity index (χ1n) is 9.08. The first-order valence-corrected chi connectivity index (χ1v) is 9.08. The number of rotatable bonds is 4. The molecule has 3 saturated heterocycles. The van der Waals surface area contributed by atoms with Gasteiger partial charge in [-0.2, -0.15) is 0 Å². The minimum atomic E-state index is 0.769. The maximum Gasteiger partial charge on any atom is 0.0195 e. The van der Waals surface area contributed by atoms with Crippen LogP contribution in [0, 0.1) is 5.92 Å². The van der Waals surface area contributed by atoms with Crippen LogP contribution in [0.1, 0.15) is 51.4 Å². The van der Waals surface area contributed by atoms with Crippen molar-refractivity contribution >= 4 is 0 Å². The lowest BCUT2D eigenvalue weighted by Gasteiger charge is -2.37. The zero-order chi connectivity index (χ0) is 13.6. The van der Waals surface area contributed by atoms with E-state index in [-0.39, 0.29) is 0 Å². The Labute approximate surface area is 125 Å². The van der Waals surface area contributed by atoms with Gasteiger partial charge >= 0.3 is 0 Å². The van der Waals surface area contributed by atoms with Crippen molar-refractivity contribution in [1.82, 2.24) is 15.1 Å². The van der Waals surface area contributed by atoms with Crippen molar-refractivity contribution in [3.05, 3.63) is 0 Å². The van der Waals surface area contributed by atoms with Gasteiger partial charge in [0.25, 0.3) is 0 Å². The molecule has 3 rings (SSSR count). The molecule has 3 aliphatic heterocycles. The van der Waals surface area contributed by atoms with Gasteiger partial charge in [0.2, 0.25) is 0 Å². The Bertz CT molecular complexity index is 233. The summed E-state index contributed by atoms with van der Waals surface area (Å²) in [6.45, 7) is 9.31. The van der Waals surface area contributed by atoms with Crippen molar-refractivity contribution < 1.29 is 0 Å². The Morgan fingerprint density at radius 1 is 0.700 bits per heavy atom. The SMILES string of the molecule is C1CCN(CC2CCC(CN3CCCCC3)NC2)CC1. The molecule has 2 unspecified atom stereocenters. The van der Waals surface area contributed by atoms with Gasteiger partial charge in [-0.3, -0.25) is 0 Å². The topological polar surface area (TPSA) is 18.5 Å². The number of likely N-dealkylation sites (tertiary alicyclic amines) is 2. The van der Waals surface area contributed by atoms with Crippen LogP contribution in [-0.2, 0) is 0 Å². The third-order valence-electron chi connectivity index (χ3n) is 5.51. The van der Waals surface area contributed by atoms with Gasteiger partial charge in [-0.1, -0.05) is 12.8 Å². The van der Waals surface area contributed by atoms with Crippen molar-refractivity contribution in [3.8, 4) is 0 Å². The molecule has 0 spiro atoms. The molecule has 3 nitrogen and oxygen atoms in total. The summed E-state index contributed by atoms with van der Waals surface area (Å²) in [5.41, 5.74) is 0. The van der Waals surface area contributed by atoms with E-state index in [4.69, 9.17) is 0 Å². The van der Waals surface area contributed by atoms with Gasteiger partial charge in [-0.05, 0) is 77.2 Å². The van der Waals surface area contributed by atoms with E-state index in [2.05, 4.69) is 15.1 Å². The molecule has 2 atom stereocenters. The number of nitrogens with zero attached hydrogens (tertiary/aromatic N) is 2. The Morgan fingerprint density at radius 3 is 1.85 bits per heavy atom. The second kappa shape index (κ2) is 7.77. The smallest absolute Gasteiger partial charge is 0.0195 e. The zero-order valence-corrected chi connectivity index (χ0v) is 13.2. The first-order chi connectivity index (χ1) is 9.90. The van der Waals surface area contributed by atoms with Crippen molar-refractivity contribution in [1.29, 1.82) is 0 Å². The molecular weight excluding hydrogens is 246 g/mol. The van der Waals surface area contributed by atoms with Crippen LogP contribution < -0.4 is 5.32 Å². The number of piperidine rings is 3. The number of hydrogen-bond acceptors (Lipinski definition) is 3. The Hall–Kier alpha value is -0.120. The van der Waals surface area contributed by atoms with Crippen molar-refractivity contribution in [2.75, 3.05) is 45.8 Å². The predicted octanol–water partition coefficient (Wildman–Crippen LogP) is 2.33. The van der Waals surface area contributed by atoms with Gasteiger partial charge in [0.15, 0.2) is 0 Å². The van der Waals surface area contributed by atoms with Crippen molar-refractivity contribution in [3.63, 3.8) is 0 Å². The van der Waals surface area contributed by atoms with Gasteiger partial charge < -0.3 is 15.1 Å². The average Bonchev–Trinajstić information content (AvgIpc) is 2.51. The maximum atomic E-state index is 3.84. The molecule has 0 amide bonds. The summed E-state index contributed by atoms with van der Waals surface area (Å²) in [5.74, 6) is 0.908. The van der Waals surface area contributed by atoms with Crippen LogP contribution in [0.3, 0.4) is 0 Å². The van der Waals surface area contributed by atoms with E-state index in [0.717, 1.165) is 12.0 Å². The van der Waals surface area contributed by atoms with Crippen LogP contribution in [0.2, 0.25) is 0 Å². The normalized spacial score (nSPS) is 34.2. The van der Waals surface area contributed by atoms with E-state index in [0.29, 0.717) is 0 Å². The van der Waals surface area contributed by atoms with E-state index in [9.17, 15) is 0 Å². The lowest BCUT2D eigenvalue weighted by Crippen LogP contribution is -2.49. The van der Waals surface area contributed by atoms with E-state index in [1.165, 1.54) is 97.2 Å². The summed E-state index contributed by atoms with van der Waals surface area (Å²) in [7, 11) is 0. The molecule has 1 N–H and O–H groups in total. The van der Waals surface area contributed by atoms with Gasteiger partial charge in [-0.25, -0.2) is 0 Å². The lowest BCUT2D eigenvalue weighted by molar-refractivity contribution is 0.149. The van der Waals surface area contributed by atoms with Crippen molar-refractivity contribution in [2.24, 2.45) is 5.92 Å². The second-order valence-corrected chi connectivity index (χ2v) is 7.27. The van der Waals surface area contributed by atoms with E-state index in [1.807, 2.05) is 0 Å². The highest BCUT2D eigenvalue weighted by molar-refractivity contribution is 4.83. The molecule has 0 aliphatic carbocycles. The summed E-state index contributed by atoms with van der Waals surface area (Å²) >= 11 is 0. The van der Waals surface area contributed by atoms with E-state index in [1.54, 1.807) is 0 Å². The molecule has 0 radical (unpaired) electrons. The molecule has 0 aromatic rings. The van der Waals surface area contributed by atoms with Gasteiger partial charge in [0.1, 0.15) is 0 Å². The Kier molecular flexibility index (Phi) is 5.75. The molecule has 0 saturated carbocycles. The minimum absolute atomic E-state index is 0.769. The fourth-order valence-electron chi connectivity index (χ4n) is 4.25. The minimum Gasteiger partial charge on any atom is -0.312 e. The van der Waals surface area contributed by atoms with Crippen LogP contribution in [0.15, 0.2) is 0 Å². The molecule has 0 aromatic carbocycles. The third kappa shape index (κ3) is 4.44. The molecule has 3 heteroatoms. The largest absolute Gasteiger partial charge is 0.312 e. The Balaban J connectivity index is 1.33. The molecule has 3 fully saturated rings. The fraction of sp³-hybridized carbons (Fsp3) is 1.00. The van der Waals surface area contributed by atoms with Crippen LogP contribution >= 0.6 is 0 Å². The van der Waals surface area contributed by atoms with Crippen LogP contribution in [0.5, 0.6) is 0 Å². The molecule has 0 bridgehead atoms. The zero-order valence-electron chi connectivity index (χ0n) is 13.2. The summed E-state index contributed by atoms with van der Waals surface area (Å²) in [6, 6.07) is 0.769. The maximum absolute atomic E-state index is 3.84. The average molecular weight is 279 g/mol. The third-order valence-corrected chi connectivity index (χ3v) is 5.51. The monoisotopic (exact) mass is 279 g/mol. The van der Waals surface area contributed by atoms with Gasteiger partial charge in [0, 0.05) is 19.1 Å².